The zero-order valence-corrected chi connectivity index (χ0v) is 18.8. The third kappa shape index (κ3) is 5.00. The number of morpholine rings is 1. The van der Waals surface area contributed by atoms with Crippen molar-refractivity contribution in [3.63, 3.8) is 0 Å². The maximum atomic E-state index is 12.8. The quantitative estimate of drug-likeness (QED) is 0.761. The molecular weight excluding hydrogens is 402 g/mol. The predicted octanol–water partition coefficient (Wildman–Crippen LogP) is 2.71. The van der Waals surface area contributed by atoms with Gasteiger partial charge in [0.25, 0.3) is 0 Å². The maximum absolute atomic E-state index is 12.8. The van der Waals surface area contributed by atoms with Gasteiger partial charge in [-0.1, -0.05) is 6.07 Å². The van der Waals surface area contributed by atoms with Gasteiger partial charge in [0, 0.05) is 31.5 Å². The van der Waals surface area contributed by atoms with Crippen LogP contribution in [0.15, 0.2) is 41.3 Å². The monoisotopic (exact) mass is 431 g/mol. The summed E-state index contributed by atoms with van der Waals surface area (Å²) in [7, 11) is -2.33. The van der Waals surface area contributed by atoms with Crippen LogP contribution < -0.4 is 10.2 Å². The van der Waals surface area contributed by atoms with Crippen LogP contribution in [0.2, 0.25) is 0 Å². The molecule has 8 heteroatoms. The Bertz CT molecular complexity index is 1030. The molecule has 0 aromatic heterocycles. The van der Waals surface area contributed by atoms with Gasteiger partial charge >= 0.3 is 0 Å². The van der Waals surface area contributed by atoms with E-state index in [0.29, 0.717) is 18.9 Å². The number of nitrogens with zero attached hydrogens (tertiary/aromatic N) is 2. The molecule has 2 aromatic rings. The molecule has 162 valence electrons. The minimum atomic E-state index is -3.74. The molecule has 7 nitrogen and oxygen atoms in total. The molecule has 1 saturated heterocycles. The lowest BCUT2D eigenvalue weighted by molar-refractivity contribution is -0.116. The number of benzene rings is 2. The van der Waals surface area contributed by atoms with E-state index >= 15 is 0 Å². The lowest BCUT2D eigenvalue weighted by atomic mass is 10.1. The first-order valence-electron chi connectivity index (χ1n) is 9.95. The Morgan fingerprint density at radius 2 is 1.73 bits per heavy atom. The number of hydrogen-bond donors (Lipinski definition) is 1. The Kier molecular flexibility index (Phi) is 6.80. The summed E-state index contributed by atoms with van der Waals surface area (Å²) in [4.78, 5) is 14.9. The molecule has 3 rings (SSSR count). The fourth-order valence-corrected chi connectivity index (χ4v) is 4.55. The number of aryl methyl sites for hydroxylation is 3. The molecule has 1 aliphatic rings. The van der Waals surface area contributed by atoms with Crippen LogP contribution in [0, 0.1) is 20.8 Å². The zero-order chi connectivity index (χ0) is 21.9. The maximum Gasteiger partial charge on any atom is 0.243 e. The van der Waals surface area contributed by atoms with Crippen molar-refractivity contribution in [1.29, 1.82) is 0 Å². The van der Waals surface area contributed by atoms with Crippen LogP contribution in [0.4, 0.5) is 11.4 Å². The normalized spacial score (nSPS) is 14.8. The number of rotatable bonds is 6. The number of anilines is 2. The number of nitrogens with one attached hydrogen (secondary N) is 1. The molecule has 1 amide bonds. The van der Waals surface area contributed by atoms with E-state index in [4.69, 9.17) is 4.74 Å². The molecule has 2 aromatic carbocycles. The lowest BCUT2D eigenvalue weighted by Crippen LogP contribution is -2.36. The van der Waals surface area contributed by atoms with Gasteiger partial charge in [-0.3, -0.25) is 4.79 Å². The van der Waals surface area contributed by atoms with Gasteiger partial charge < -0.3 is 15.0 Å². The SMILES string of the molecule is Cc1ccc(S(=O)(=O)N(C)CC(=O)Nc2ccc(N3CCOCC3)cc2C)cc1C. The molecule has 0 spiro atoms. The standard InChI is InChI=1S/C22H29N3O4S/c1-16-5-7-20(14-17(16)2)30(27,28)24(4)15-22(26)23-21-8-6-19(13-18(21)3)25-9-11-29-12-10-25/h5-8,13-14H,9-12,15H2,1-4H3,(H,23,26). The number of ether oxygens (including phenoxy) is 1. The summed E-state index contributed by atoms with van der Waals surface area (Å²) in [6, 6.07) is 10.8. The molecule has 0 bridgehead atoms. The zero-order valence-electron chi connectivity index (χ0n) is 17.9. The molecule has 0 unspecified atom stereocenters. The number of sulfonamides is 1. The van der Waals surface area contributed by atoms with Gasteiger partial charge in [0.05, 0.1) is 24.7 Å². The summed E-state index contributed by atoms with van der Waals surface area (Å²) in [5, 5.41) is 2.83. The molecule has 1 N–H and O–H groups in total. The molecule has 0 saturated carbocycles. The summed E-state index contributed by atoms with van der Waals surface area (Å²) in [5.74, 6) is -0.382. The van der Waals surface area contributed by atoms with E-state index in [1.54, 1.807) is 18.2 Å². The highest BCUT2D eigenvalue weighted by atomic mass is 32.2. The second-order valence-electron chi connectivity index (χ2n) is 7.65. The molecule has 30 heavy (non-hydrogen) atoms. The van der Waals surface area contributed by atoms with Crippen molar-refractivity contribution in [2.24, 2.45) is 0 Å². The molecule has 0 aliphatic carbocycles. The Labute approximate surface area is 178 Å². The van der Waals surface area contributed by atoms with Crippen LogP contribution >= 0.6 is 0 Å². The highest BCUT2D eigenvalue weighted by Gasteiger charge is 2.23. The summed E-state index contributed by atoms with van der Waals surface area (Å²) >= 11 is 0. The fraction of sp³-hybridized carbons (Fsp3) is 0.409. The minimum Gasteiger partial charge on any atom is -0.378 e. The van der Waals surface area contributed by atoms with Crippen molar-refractivity contribution in [2.45, 2.75) is 25.7 Å². The second kappa shape index (κ2) is 9.16. The summed E-state index contributed by atoms with van der Waals surface area (Å²) in [5.41, 5.74) is 4.60. The van der Waals surface area contributed by atoms with Gasteiger partial charge in [0.15, 0.2) is 0 Å². The van der Waals surface area contributed by atoms with Crippen LogP contribution in [0.5, 0.6) is 0 Å². The third-order valence-corrected chi connectivity index (χ3v) is 7.21. The van der Waals surface area contributed by atoms with E-state index in [1.165, 1.54) is 7.05 Å². The summed E-state index contributed by atoms with van der Waals surface area (Å²) < 4.78 is 32.1. The average Bonchev–Trinajstić information content (AvgIpc) is 2.72. The van der Waals surface area contributed by atoms with Crippen LogP contribution in [-0.2, 0) is 19.6 Å². The highest BCUT2D eigenvalue weighted by molar-refractivity contribution is 7.89. The van der Waals surface area contributed by atoms with Crippen molar-refractivity contribution >= 4 is 27.3 Å². The topological polar surface area (TPSA) is 79.0 Å². The molecule has 1 aliphatic heterocycles. The van der Waals surface area contributed by atoms with E-state index in [0.717, 1.165) is 39.8 Å². The summed E-state index contributed by atoms with van der Waals surface area (Å²) in [6.45, 7) is 8.55. The molecule has 0 atom stereocenters. The fourth-order valence-electron chi connectivity index (χ4n) is 3.34. The van der Waals surface area contributed by atoms with Crippen molar-refractivity contribution in [2.75, 3.05) is 50.1 Å². The van der Waals surface area contributed by atoms with Crippen molar-refractivity contribution in [1.82, 2.24) is 4.31 Å². The molecular formula is C22H29N3O4S. The first kappa shape index (κ1) is 22.3. The first-order valence-corrected chi connectivity index (χ1v) is 11.4. The van der Waals surface area contributed by atoms with Gasteiger partial charge in [-0.05, 0) is 67.8 Å². The minimum absolute atomic E-state index is 0.187. The number of hydrogen-bond acceptors (Lipinski definition) is 5. The lowest BCUT2D eigenvalue weighted by Gasteiger charge is -2.29. The van der Waals surface area contributed by atoms with Gasteiger partial charge in [-0.2, -0.15) is 4.31 Å². The third-order valence-electron chi connectivity index (χ3n) is 5.41. The number of likely N-dealkylation sites (N-methyl/N-ethyl adjacent to an activating group) is 1. The molecule has 1 fully saturated rings. The number of carbonyl (C=O) groups is 1. The van der Waals surface area contributed by atoms with Crippen LogP contribution in [0.25, 0.3) is 0 Å². The molecule has 0 radical (unpaired) electrons. The largest absolute Gasteiger partial charge is 0.378 e. The highest BCUT2D eigenvalue weighted by Crippen LogP contribution is 2.24. The average molecular weight is 432 g/mol. The Morgan fingerprint density at radius 1 is 1.03 bits per heavy atom. The van der Waals surface area contributed by atoms with E-state index in [2.05, 4.69) is 10.2 Å². The van der Waals surface area contributed by atoms with E-state index in [9.17, 15) is 13.2 Å². The Balaban J connectivity index is 1.66. The van der Waals surface area contributed by atoms with Gasteiger partial charge in [-0.25, -0.2) is 8.42 Å². The number of amides is 1. The first-order chi connectivity index (χ1) is 14.2. The Hall–Kier alpha value is -2.42. The van der Waals surface area contributed by atoms with Crippen LogP contribution in [-0.4, -0.2) is 58.5 Å². The number of carbonyl (C=O) groups excluding carboxylic acids is 1. The second-order valence-corrected chi connectivity index (χ2v) is 9.70. The van der Waals surface area contributed by atoms with E-state index < -0.39 is 10.0 Å². The predicted molar refractivity (Wildman–Crippen MR) is 119 cm³/mol. The Morgan fingerprint density at radius 3 is 2.37 bits per heavy atom. The van der Waals surface area contributed by atoms with Gasteiger partial charge in [0.2, 0.25) is 15.9 Å². The van der Waals surface area contributed by atoms with Crippen molar-refractivity contribution in [3.05, 3.63) is 53.1 Å². The van der Waals surface area contributed by atoms with Crippen LogP contribution in [0.1, 0.15) is 16.7 Å². The molecule has 1 heterocycles. The van der Waals surface area contributed by atoms with Gasteiger partial charge in [0.1, 0.15) is 0 Å². The van der Waals surface area contributed by atoms with E-state index in [-0.39, 0.29) is 17.3 Å². The van der Waals surface area contributed by atoms with Crippen molar-refractivity contribution in [3.8, 4) is 0 Å². The van der Waals surface area contributed by atoms with Crippen molar-refractivity contribution < 1.29 is 17.9 Å². The summed E-state index contributed by atoms with van der Waals surface area (Å²) in [6.07, 6.45) is 0. The van der Waals surface area contributed by atoms with E-state index in [1.807, 2.05) is 39.0 Å². The van der Waals surface area contributed by atoms with Crippen LogP contribution in [0.3, 0.4) is 0 Å². The van der Waals surface area contributed by atoms with Gasteiger partial charge in [-0.15, -0.1) is 0 Å². The smallest absolute Gasteiger partial charge is 0.243 e.